The number of methoxy groups -OCH3 is 1. The van der Waals surface area contributed by atoms with Crippen molar-refractivity contribution in [3.63, 3.8) is 0 Å². The summed E-state index contributed by atoms with van der Waals surface area (Å²) in [5.74, 6) is 0. The molecule has 0 amide bonds. The summed E-state index contributed by atoms with van der Waals surface area (Å²) in [6.45, 7) is 0. The Morgan fingerprint density at radius 2 is 2.00 bits per heavy atom. The third-order valence-electron chi connectivity index (χ3n) is 1.49. The van der Waals surface area contributed by atoms with Gasteiger partial charge in [-0.15, -0.1) is 0 Å². The molecule has 1 unspecified atom stereocenters. The number of carbonyl (C=O) groups is 1. The Morgan fingerprint density at radius 1 is 1.38 bits per heavy atom. The first-order valence-corrected chi connectivity index (χ1v) is 3.71. The Balaban J connectivity index is 2.73. The second-order valence-corrected chi connectivity index (χ2v) is 2.36. The summed E-state index contributed by atoms with van der Waals surface area (Å²) < 4.78 is 9.32. The molecule has 1 atom stereocenters. The van der Waals surface area contributed by atoms with Gasteiger partial charge in [-0.05, 0) is 0 Å². The number of carboxylic acid groups (broad SMARTS) is 1. The predicted octanol–water partition coefficient (Wildman–Crippen LogP) is 2.03. The van der Waals surface area contributed by atoms with Gasteiger partial charge in [0.25, 0.3) is 0 Å². The maximum Gasteiger partial charge on any atom is 0.508 e. The normalized spacial score (nSPS) is 12.1. The third-order valence-corrected chi connectivity index (χ3v) is 1.49. The molecule has 1 aromatic carbocycles. The highest BCUT2D eigenvalue weighted by Gasteiger charge is 2.13. The third kappa shape index (κ3) is 2.76. The molecule has 1 N–H and O–H groups in total. The fourth-order valence-electron chi connectivity index (χ4n) is 0.954. The van der Waals surface area contributed by atoms with E-state index >= 15 is 0 Å². The summed E-state index contributed by atoms with van der Waals surface area (Å²) in [5.41, 5.74) is 0.674. The SMILES string of the molecule is COC(OC(=O)O)c1ccccc1. The van der Waals surface area contributed by atoms with Crippen LogP contribution in [-0.2, 0) is 9.47 Å². The summed E-state index contributed by atoms with van der Waals surface area (Å²) >= 11 is 0. The minimum absolute atomic E-state index is 0.674. The van der Waals surface area contributed by atoms with Crippen LogP contribution >= 0.6 is 0 Å². The molecule has 0 fully saturated rings. The smallest absolute Gasteiger partial charge is 0.450 e. The van der Waals surface area contributed by atoms with E-state index in [2.05, 4.69) is 4.74 Å². The van der Waals surface area contributed by atoms with E-state index in [-0.39, 0.29) is 0 Å². The van der Waals surface area contributed by atoms with Gasteiger partial charge in [-0.25, -0.2) is 4.79 Å². The molecule has 1 aromatic rings. The van der Waals surface area contributed by atoms with E-state index in [1.807, 2.05) is 6.07 Å². The molecule has 4 heteroatoms. The molecule has 0 saturated heterocycles. The van der Waals surface area contributed by atoms with Crippen LogP contribution in [0.1, 0.15) is 11.9 Å². The first-order chi connectivity index (χ1) is 6.24. The van der Waals surface area contributed by atoms with Crippen molar-refractivity contribution in [1.29, 1.82) is 0 Å². The zero-order valence-corrected chi connectivity index (χ0v) is 7.14. The van der Waals surface area contributed by atoms with Crippen LogP contribution in [0.25, 0.3) is 0 Å². The highest BCUT2D eigenvalue weighted by molar-refractivity contribution is 5.57. The van der Waals surface area contributed by atoms with E-state index in [0.29, 0.717) is 5.56 Å². The summed E-state index contributed by atoms with van der Waals surface area (Å²) in [7, 11) is 1.39. The molecule has 0 aliphatic rings. The Kier molecular flexibility index (Phi) is 3.28. The lowest BCUT2D eigenvalue weighted by Crippen LogP contribution is -2.10. The van der Waals surface area contributed by atoms with Crippen molar-refractivity contribution in [1.82, 2.24) is 0 Å². The molecular weight excluding hydrogens is 172 g/mol. The molecule has 0 aliphatic heterocycles. The molecular formula is C9H10O4. The Hall–Kier alpha value is -1.55. The molecule has 0 radical (unpaired) electrons. The second kappa shape index (κ2) is 4.47. The maximum atomic E-state index is 10.2. The van der Waals surface area contributed by atoms with Gasteiger partial charge in [0.05, 0.1) is 0 Å². The highest BCUT2D eigenvalue weighted by Crippen LogP contribution is 2.17. The summed E-state index contributed by atoms with van der Waals surface area (Å²) in [6.07, 6.45) is -2.20. The van der Waals surface area contributed by atoms with E-state index in [0.717, 1.165) is 0 Å². The van der Waals surface area contributed by atoms with Crippen molar-refractivity contribution in [3.05, 3.63) is 35.9 Å². The van der Waals surface area contributed by atoms with Gasteiger partial charge in [0.15, 0.2) is 0 Å². The molecule has 0 spiro atoms. The number of hydrogen-bond acceptors (Lipinski definition) is 3. The monoisotopic (exact) mass is 182 g/mol. The van der Waals surface area contributed by atoms with Gasteiger partial charge >= 0.3 is 6.16 Å². The topological polar surface area (TPSA) is 55.8 Å². The standard InChI is InChI=1S/C9H10O4/c1-12-8(13-9(10)11)7-5-3-2-4-6-7/h2-6,8H,1H3,(H,10,11). The number of ether oxygens (including phenoxy) is 2. The zero-order chi connectivity index (χ0) is 9.68. The largest absolute Gasteiger partial charge is 0.508 e. The van der Waals surface area contributed by atoms with Gasteiger partial charge in [-0.1, -0.05) is 30.3 Å². The van der Waals surface area contributed by atoms with Crippen molar-refractivity contribution in [2.24, 2.45) is 0 Å². The van der Waals surface area contributed by atoms with Crippen LogP contribution in [0.3, 0.4) is 0 Å². The fraction of sp³-hybridized carbons (Fsp3) is 0.222. The summed E-state index contributed by atoms with van der Waals surface area (Å²) in [5, 5.41) is 8.37. The van der Waals surface area contributed by atoms with Gasteiger partial charge in [0.2, 0.25) is 6.29 Å². The Bertz CT molecular complexity index is 270. The molecule has 0 aliphatic carbocycles. The molecule has 13 heavy (non-hydrogen) atoms. The lowest BCUT2D eigenvalue weighted by Gasteiger charge is -2.13. The first kappa shape index (κ1) is 9.54. The molecule has 4 nitrogen and oxygen atoms in total. The van der Waals surface area contributed by atoms with Crippen molar-refractivity contribution in [2.45, 2.75) is 6.29 Å². The average molecular weight is 182 g/mol. The van der Waals surface area contributed by atoms with Crippen LogP contribution in [0.2, 0.25) is 0 Å². The summed E-state index contributed by atoms with van der Waals surface area (Å²) in [6, 6.07) is 8.87. The number of hydrogen-bond donors (Lipinski definition) is 1. The highest BCUT2D eigenvalue weighted by atomic mass is 16.7. The molecule has 0 saturated carbocycles. The molecule has 70 valence electrons. The summed E-state index contributed by atoms with van der Waals surface area (Å²) in [4.78, 5) is 10.2. The molecule has 1 rings (SSSR count). The van der Waals surface area contributed by atoms with Gasteiger partial charge in [0.1, 0.15) is 0 Å². The Labute approximate surface area is 75.7 Å². The van der Waals surface area contributed by atoms with Crippen molar-refractivity contribution in [2.75, 3.05) is 7.11 Å². The quantitative estimate of drug-likeness (QED) is 0.574. The minimum atomic E-state index is -1.35. The van der Waals surface area contributed by atoms with Gasteiger partial charge in [-0.3, -0.25) is 0 Å². The van der Waals surface area contributed by atoms with Crippen LogP contribution in [-0.4, -0.2) is 18.4 Å². The van der Waals surface area contributed by atoms with Crippen LogP contribution in [0.5, 0.6) is 0 Å². The van der Waals surface area contributed by atoms with Gasteiger partial charge in [0, 0.05) is 12.7 Å². The number of benzene rings is 1. The van der Waals surface area contributed by atoms with Gasteiger partial charge in [-0.2, -0.15) is 0 Å². The second-order valence-electron chi connectivity index (χ2n) is 2.36. The van der Waals surface area contributed by atoms with Crippen LogP contribution < -0.4 is 0 Å². The van der Waals surface area contributed by atoms with Crippen molar-refractivity contribution < 1.29 is 19.4 Å². The molecule has 0 heterocycles. The average Bonchev–Trinajstić information content (AvgIpc) is 2.15. The van der Waals surface area contributed by atoms with Crippen molar-refractivity contribution >= 4 is 6.16 Å². The van der Waals surface area contributed by atoms with Gasteiger partial charge < -0.3 is 14.6 Å². The van der Waals surface area contributed by atoms with Crippen LogP contribution in [0.4, 0.5) is 4.79 Å². The van der Waals surface area contributed by atoms with E-state index in [9.17, 15) is 4.79 Å². The van der Waals surface area contributed by atoms with Crippen molar-refractivity contribution in [3.8, 4) is 0 Å². The van der Waals surface area contributed by atoms with Crippen LogP contribution in [0.15, 0.2) is 30.3 Å². The maximum absolute atomic E-state index is 10.2. The predicted molar refractivity (Wildman–Crippen MR) is 45.3 cm³/mol. The van der Waals surface area contributed by atoms with E-state index in [1.54, 1.807) is 24.3 Å². The molecule has 0 bridgehead atoms. The lowest BCUT2D eigenvalue weighted by molar-refractivity contribution is -0.0993. The van der Waals surface area contributed by atoms with E-state index in [4.69, 9.17) is 9.84 Å². The van der Waals surface area contributed by atoms with E-state index < -0.39 is 12.4 Å². The fourth-order valence-corrected chi connectivity index (χ4v) is 0.954. The lowest BCUT2D eigenvalue weighted by atomic mass is 10.2. The van der Waals surface area contributed by atoms with Crippen LogP contribution in [0, 0.1) is 0 Å². The van der Waals surface area contributed by atoms with E-state index in [1.165, 1.54) is 7.11 Å². The molecule has 0 aromatic heterocycles. The number of rotatable bonds is 3. The minimum Gasteiger partial charge on any atom is -0.450 e. The first-order valence-electron chi connectivity index (χ1n) is 3.71. The zero-order valence-electron chi connectivity index (χ0n) is 7.14. The Morgan fingerprint density at radius 3 is 2.46 bits per heavy atom.